The van der Waals surface area contributed by atoms with Gasteiger partial charge in [-0.3, -0.25) is 9.59 Å². The average molecular weight is 1120 g/mol. The van der Waals surface area contributed by atoms with E-state index in [0.717, 1.165) is 33.8 Å². The van der Waals surface area contributed by atoms with E-state index in [1.54, 1.807) is 31.0 Å². The van der Waals surface area contributed by atoms with Crippen molar-refractivity contribution in [2.45, 2.75) is 131 Å². The number of rotatable bonds is 20. The third kappa shape index (κ3) is 17.6. The van der Waals surface area contributed by atoms with Crippen LogP contribution in [0.5, 0.6) is 11.5 Å². The minimum Gasteiger partial charge on any atom is -0.497 e. The highest BCUT2D eigenvalue weighted by atomic mass is 79.9. The number of carbonyl (C=O) groups excluding carboxylic acids is 2. The summed E-state index contributed by atoms with van der Waals surface area (Å²) in [5.74, 6) is -0.276. The number of methoxy groups -OCH3 is 2. The first-order valence-corrected chi connectivity index (χ1v) is 25.6. The van der Waals surface area contributed by atoms with Crippen molar-refractivity contribution in [3.8, 4) is 11.5 Å². The molecule has 4 atom stereocenters. The summed E-state index contributed by atoms with van der Waals surface area (Å²) >= 11 is 6.42. The fourth-order valence-electron chi connectivity index (χ4n) is 8.15. The molecule has 0 aliphatic carbocycles. The Morgan fingerprint density at radius 1 is 0.597 bits per heavy atom. The minimum absolute atomic E-state index is 0.220. The van der Waals surface area contributed by atoms with Gasteiger partial charge in [0.05, 0.1) is 48.1 Å². The zero-order valence-corrected chi connectivity index (χ0v) is 46.5. The number of aromatic nitrogens is 8. The molecule has 6 rings (SSSR count). The number of benzene rings is 4. The van der Waals surface area contributed by atoms with Crippen molar-refractivity contribution in [1.82, 2.24) is 40.4 Å². The van der Waals surface area contributed by atoms with Crippen LogP contribution in [-0.2, 0) is 45.0 Å². The van der Waals surface area contributed by atoms with Crippen LogP contribution in [0.25, 0.3) is 0 Å². The maximum absolute atomic E-state index is 14.4. The van der Waals surface area contributed by atoms with Crippen molar-refractivity contribution in [3.63, 3.8) is 0 Å². The van der Waals surface area contributed by atoms with Crippen LogP contribution in [0.1, 0.15) is 128 Å². The zero-order chi connectivity index (χ0) is 52.9. The third-order valence-corrected chi connectivity index (χ3v) is 12.7. The van der Waals surface area contributed by atoms with E-state index in [1.165, 1.54) is 16.9 Å². The highest BCUT2D eigenvalue weighted by Crippen LogP contribution is 2.36. The van der Waals surface area contributed by atoms with Gasteiger partial charge in [0.15, 0.2) is 11.6 Å². The summed E-state index contributed by atoms with van der Waals surface area (Å²) in [7, 11) is 3.24. The van der Waals surface area contributed by atoms with E-state index >= 15 is 0 Å². The normalized spacial score (nSPS) is 13.5. The van der Waals surface area contributed by atoms with Crippen LogP contribution in [0.3, 0.4) is 0 Å². The van der Waals surface area contributed by atoms with Crippen molar-refractivity contribution in [1.29, 1.82) is 0 Å². The highest BCUT2D eigenvalue weighted by molar-refractivity contribution is 9.10. The molecule has 72 heavy (non-hydrogen) atoms. The van der Waals surface area contributed by atoms with Gasteiger partial charge in [0.25, 0.3) is 0 Å². The molecule has 0 fully saturated rings. The number of nitrogens with zero attached hydrogens (tertiary/aromatic N) is 8. The Labute approximate surface area is 439 Å². The minimum atomic E-state index is -0.643. The monoisotopic (exact) mass is 1120 g/mol. The number of esters is 2. The zero-order valence-electron chi connectivity index (χ0n) is 43.3. The first kappa shape index (κ1) is 57.3. The van der Waals surface area contributed by atoms with Crippen LogP contribution in [-0.4, -0.2) is 77.8 Å². The first-order chi connectivity index (χ1) is 33.9. The maximum atomic E-state index is 14.4. The predicted molar refractivity (Wildman–Crippen MR) is 278 cm³/mol. The molecule has 4 aromatic carbocycles. The van der Waals surface area contributed by atoms with Gasteiger partial charge in [-0.15, -0.1) is 15.3 Å². The molecule has 0 amide bonds. The summed E-state index contributed by atoms with van der Waals surface area (Å²) in [5, 5.41) is 25.8. The van der Waals surface area contributed by atoms with Crippen molar-refractivity contribution >= 4 is 43.8 Å². The molecule has 0 aliphatic heterocycles. The van der Waals surface area contributed by atoms with Gasteiger partial charge in [-0.25, -0.2) is 13.5 Å². The molecular weight excluding hydrogens is 1050 g/mol. The van der Waals surface area contributed by atoms with E-state index in [4.69, 9.17) is 18.9 Å². The predicted octanol–water partition coefficient (Wildman–Crippen LogP) is 11.9. The molecule has 2 heterocycles. The summed E-state index contributed by atoms with van der Waals surface area (Å²) in [6.45, 7) is 20.2. The first-order valence-electron chi connectivity index (χ1n) is 24.0. The van der Waals surface area contributed by atoms with E-state index in [2.05, 4.69) is 90.5 Å². The summed E-state index contributed by atoms with van der Waals surface area (Å²) in [4.78, 5) is 28.4. The fourth-order valence-corrected chi connectivity index (χ4v) is 8.64. The molecule has 388 valence electrons. The third-order valence-electron chi connectivity index (χ3n) is 11.4. The Balaban J connectivity index is 0.000000267. The summed E-state index contributed by atoms with van der Waals surface area (Å²) in [6, 6.07) is 25.3. The van der Waals surface area contributed by atoms with Gasteiger partial charge in [-0.05, 0) is 197 Å². The molecule has 18 heteroatoms. The van der Waals surface area contributed by atoms with E-state index in [9.17, 15) is 18.4 Å². The van der Waals surface area contributed by atoms with E-state index in [0.29, 0.717) is 59.4 Å². The second-order valence-electron chi connectivity index (χ2n) is 20.7. The Morgan fingerprint density at radius 3 is 1.46 bits per heavy atom. The molecule has 0 bridgehead atoms. The lowest BCUT2D eigenvalue weighted by molar-refractivity contribution is -0.162. The van der Waals surface area contributed by atoms with Gasteiger partial charge in [0.2, 0.25) is 0 Å². The number of hydrogen-bond donors (Lipinski definition) is 0. The standard InChI is InChI=1S/2C27H34BrFN4O3/c1-17(2)13-22(26(34)36-27(3,4)5)21(14-19-9-12-23(28)24(29)15-19)25-30-31-32-33(25)16-18-7-10-20(35-6)11-8-18;1-17(2)13-22(26(34)36-27(3,4)5)21(14-19-9-12-23(28)24(29)15-19)25-30-32-33(31-25)16-18-7-10-20(35-6)11-8-18/h2*7-12,15,17,21-22H,13-14,16H2,1-6H3/t2*21-,22-/m00/s1. The Morgan fingerprint density at radius 2 is 1.03 bits per heavy atom. The second-order valence-corrected chi connectivity index (χ2v) is 22.4. The van der Waals surface area contributed by atoms with Crippen LogP contribution in [0, 0.1) is 35.3 Å². The number of hydrogen-bond acceptors (Lipinski definition) is 12. The molecule has 0 aliphatic rings. The second kappa shape index (κ2) is 25.9. The van der Waals surface area contributed by atoms with Crippen LogP contribution in [0.4, 0.5) is 8.78 Å². The van der Waals surface area contributed by atoms with Crippen molar-refractivity contribution in [3.05, 3.63) is 139 Å². The number of tetrazole rings is 2. The van der Waals surface area contributed by atoms with Gasteiger partial charge in [0.1, 0.15) is 34.3 Å². The highest BCUT2D eigenvalue weighted by Gasteiger charge is 2.38. The Hall–Kier alpha value is -5.62. The summed E-state index contributed by atoms with van der Waals surface area (Å²) < 4.78 is 53.3. The largest absolute Gasteiger partial charge is 0.497 e. The summed E-state index contributed by atoms with van der Waals surface area (Å²) in [6.07, 6.45) is 1.90. The van der Waals surface area contributed by atoms with Gasteiger partial charge in [-0.2, -0.15) is 4.80 Å². The Bertz CT molecular complexity index is 2680. The topological polar surface area (TPSA) is 158 Å². The molecule has 0 saturated carbocycles. The molecule has 6 aromatic rings. The van der Waals surface area contributed by atoms with E-state index in [1.807, 2.05) is 102 Å². The van der Waals surface area contributed by atoms with Crippen LogP contribution in [0.15, 0.2) is 93.9 Å². The van der Waals surface area contributed by atoms with E-state index < -0.39 is 34.9 Å². The molecular formula is C54H68Br2F2N8O6. The average Bonchev–Trinajstić information content (AvgIpc) is 3.97. The van der Waals surface area contributed by atoms with Crippen molar-refractivity contribution < 1.29 is 37.3 Å². The van der Waals surface area contributed by atoms with Gasteiger partial charge >= 0.3 is 11.9 Å². The molecule has 0 unspecified atom stereocenters. The van der Waals surface area contributed by atoms with Gasteiger partial charge < -0.3 is 18.9 Å². The summed E-state index contributed by atoms with van der Waals surface area (Å²) in [5.41, 5.74) is 2.17. The molecule has 0 radical (unpaired) electrons. The van der Waals surface area contributed by atoms with Crippen LogP contribution in [0.2, 0.25) is 0 Å². The number of carbonyl (C=O) groups is 2. The van der Waals surface area contributed by atoms with Crippen LogP contribution < -0.4 is 9.47 Å². The number of halogens is 4. The smallest absolute Gasteiger partial charge is 0.310 e. The lowest BCUT2D eigenvalue weighted by Gasteiger charge is -2.30. The molecule has 0 saturated heterocycles. The van der Waals surface area contributed by atoms with Crippen molar-refractivity contribution in [2.24, 2.45) is 23.7 Å². The van der Waals surface area contributed by atoms with Gasteiger partial charge in [0, 0.05) is 11.8 Å². The lowest BCUT2D eigenvalue weighted by atomic mass is 9.81. The van der Waals surface area contributed by atoms with Crippen molar-refractivity contribution in [2.75, 3.05) is 14.2 Å². The van der Waals surface area contributed by atoms with E-state index in [-0.39, 0.29) is 35.4 Å². The Kier molecular flexibility index (Phi) is 20.6. The molecule has 14 nitrogen and oxygen atoms in total. The lowest BCUT2D eigenvalue weighted by Crippen LogP contribution is -2.34. The van der Waals surface area contributed by atoms with Crippen LogP contribution >= 0.6 is 31.9 Å². The number of ether oxygens (including phenoxy) is 4. The SMILES string of the molecule is COc1ccc(Cn2nnc([C@@H](Cc3ccc(Br)c(F)c3)[C@H](CC(C)C)C(=O)OC(C)(C)C)n2)cc1.COc1ccc(Cn2nnnc2[C@@H](Cc2ccc(Br)c(F)c2)[C@H](CC(C)C)C(=O)OC(C)(C)C)cc1. The fraction of sp³-hybridized carbons (Fsp3) is 0.481. The molecule has 0 N–H and O–H groups in total. The maximum Gasteiger partial charge on any atom is 0.310 e. The van der Waals surface area contributed by atoms with Gasteiger partial charge in [-0.1, -0.05) is 64.1 Å². The quantitative estimate of drug-likeness (QED) is 0.0667. The molecule has 2 aromatic heterocycles. The molecule has 0 spiro atoms.